The average molecular weight is 476 g/mol. The van der Waals surface area contributed by atoms with Crippen LogP contribution in [0, 0.1) is 0 Å². The summed E-state index contributed by atoms with van der Waals surface area (Å²) in [7, 11) is -3.69. The van der Waals surface area contributed by atoms with E-state index in [0.717, 1.165) is 12.0 Å². The molecule has 2 aromatic carbocycles. The summed E-state index contributed by atoms with van der Waals surface area (Å²) in [6, 6.07) is 9.99. The van der Waals surface area contributed by atoms with E-state index in [4.69, 9.17) is 5.73 Å². The fourth-order valence-electron chi connectivity index (χ4n) is 2.11. The first-order chi connectivity index (χ1) is 11.1. The Morgan fingerprint density at radius 1 is 1.08 bits per heavy atom. The summed E-state index contributed by atoms with van der Waals surface area (Å²) < 4.78 is 29.1. The van der Waals surface area contributed by atoms with Crippen LogP contribution in [0.4, 0.5) is 11.4 Å². The quantitative estimate of drug-likeness (QED) is 0.577. The average Bonchev–Trinajstić information content (AvgIpc) is 2.51. The molecule has 0 amide bonds. The Bertz CT molecular complexity index is 824. The molecule has 0 aliphatic carbocycles. The molecule has 0 aromatic heterocycles. The highest BCUT2D eigenvalue weighted by Crippen LogP contribution is 2.38. The van der Waals surface area contributed by atoms with Crippen LogP contribution in [-0.2, 0) is 15.4 Å². The van der Waals surface area contributed by atoms with Gasteiger partial charge in [0.15, 0.2) is 0 Å². The molecule has 130 valence electrons. The number of nitrogen functional groups attached to an aromatic ring is 1. The van der Waals surface area contributed by atoms with Crippen molar-refractivity contribution in [3.05, 3.63) is 50.9 Å². The molecule has 0 radical (unpaired) electrons. The van der Waals surface area contributed by atoms with E-state index in [2.05, 4.69) is 57.4 Å². The van der Waals surface area contributed by atoms with Crippen LogP contribution in [0.3, 0.4) is 0 Å². The lowest BCUT2D eigenvalue weighted by atomic mass is 9.82. The monoisotopic (exact) mass is 474 g/mol. The minimum atomic E-state index is -3.69. The van der Waals surface area contributed by atoms with Crippen molar-refractivity contribution in [3.8, 4) is 0 Å². The predicted molar refractivity (Wildman–Crippen MR) is 107 cm³/mol. The fourth-order valence-corrected chi connectivity index (χ4v) is 4.85. The number of hydrogen-bond donors (Lipinski definition) is 2. The van der Waals surface area contributed by atoms with Gasteiger partial charge in [-0.1, -0.05) is 20.8 Å². The van der Waals surface area contributed by atoms with Gasteiger partial charge in [0.1, 0.15) is 0 Å². The van der Waals surface area contributed by atoms with Crippen LogP contribution in [0.2, 0.25) is 0 Å². The minimum absolute atomic E-state index is 0.000593. The zero-order valence-electron chi connectivity index (χ0n) is 13.7. The third kappa shape index (κ3) is 4.13. The van der Waals surface area contributed by atoms with Crippen molar-refractivity contribution in [1.82, 2.24) is 0 Å². The van der Waals surface area contributed by atoms with Crippen LogP contribution < -0.4 is 10.5 Å². The molecule has 7 heteroatoms. The molecule has 0 atom stereocenters. The van der Waals surface area contributed by atoms with Gasteiger partial charge in [0.05, 0.1) is 10.6 Å². The number of anilines is 2. The Balaban J connectivity index is 2.41. The fraction of sp³-hybridized carbons (Fsp3) is 0.294. The van der Waals surface area contributed by atoms with E-state index < -0.39 is 10.0 Å². The summed E-state index contributed by atoms with van der Waals surface area (Å²) in [6.07, 6.45) is 0.975. The van der Waals surface area contributed by atoms with Crippen molar-refractivity contribution >= 4 is 53.3 Å². The summed E-state index contributed by atoms with van der Waals surface area (Å²) in [5, 5.41) is 0. The Hall–Kier alpha value is -1.05. The van der Waals surface area contributed by atoms with Gasteiger partial charge >= 0.3 is 0 Å². The number of nitrogens with two attached hydrogens (primary N) is 1. The first-order valence-corrected chi connectivity index (χ1v) is 10.5. The molecular weight excluding hydrogens is 456 g/mol. The first-order valence-electron chi connectivity index (χ1n) is 7.44. The summed E-state index contributed by atoms with van der Waals surface area (Å²) in [4.78, 5) is 0.161. The van der Waals surface area contributed by atoms with Gasteiger partial charge in [0.2, 0.25) is 0 Å². The van der Waals surface area contributed by atoms with Crippen LogP contribution >= 0.6 is 31.9 Å². The molecule has 0 spiro atoms. The molecule has 0 saturated heterocycles. The van der Waals surface area contributed by atoms with E-state index >= 15 is 0 Å². The molecule has 0 aliphatic rings. The normalized spacial score (nSPS) is 12.2. The molecule has 0 unspecified atom stereocenters. The second-order valence-corrected chi connectivity index (χ2v) is 9.62. The van der Waals surface area contributed by atoms with Gasteiger partial charge in [-0.05, 0) is 85.7 Å². The number of hydrogen-bond acceptors (Lipinski definition) is 3. The van der Waals surface area contributed by atoms with Crippen molar-refractivity contribution in [3.63, 3.8) is 0 Å². The molecule has 0 bridgehead atoms. The topological polar surface area (TPSA) is 72.2 Å². The van der Waals surface area contributed by atoms with Crippen LogP contribution in [0.5, 0.6) is 0 Å². The molecule has 0 heterocycles. The lowest BCUT2D eigenvalue weighted by Gasteiger charge is -2.25. The van der Waals surface area contributed by atoms with Gasteiger partial charge in [0, 0.05) is 14.6 Å². The summed E-state index contributed by atoms with van der Waals surface area (Å²) >= 11 is 6.96. The van der Waals surface area contributed by atoms with Gasteiger partial charge < -0.3 is 5.73 Å². The molecule has 2 rings (SSSR count). The van der Waals surface area contributed by atoms with E-state index in [0.29, 0.717) is 20.3 Å². The number of benzene rings is 2. The molecular formula is C17H20Br2N2O2S. The highest BCUT2D eigenvalue weighted by atomic mass is 79.9. The van der Waals surface area contributed by atoms with Crippen molar-refractivity contribution in [2.75, 3.05) is 10.5 Å². The highest BCUT2D eigenvalue weighted by molar-refractivity contribution is 9.11. The second kappa shape index (κ2) is 7.06. The molecule has 0 fully saturated rings. The number of nitrogens with one attached hydrogen (secondary N) is 1. The summed E-state index contributed by atoms with van der Waals surface area (Å²) in [5.74, 6) is 0. The maximum absolute atomic E-state index is 12.6. The molecule has 24 heavy (non-hydrogen) atoms. The van der Waals surface area contributed by atoms with Gasteiger partial charge in [-0.15, -0.1) is 0 Å². The van der Waals surface area contributed by atoms with Crippen LogP contribution in [0.25, 0.3) is 0 Å². The SMILES string of the molecule is CCC(C)(C)c1cc(Br)c(NS(=O)(=O)c2ccc(N)cc2)c(Br)c1. The zero-order valence-corrected chi connectivity index (χ0v) is 17.7. The summed E-state index contributed by atoms with van der Waals surface area (Å²) in [5.41, 5.74) is 7.73. The molecule has 2 aromatic rings. The van der Waals surface area contributed by atoms with Crippen molar-refractivity contribution in [1.29, 1.82) is 0 Å². The zero-order chi connectivity index (χ0) is 18.1. The van der Waals surface area contributed by atoms with Crippen molar-refractivity contribution in [2.24, 2.45) is 0 Å². The third-order valence-electron chi connectivity index (χ3n) is 4.13. The molecule has 0 aliphatic heterocycles. The Morgan fingerprint density at radius 3 is 2.04 bits per heavy atom. The summed E-state index contributed by atoms with van der Waals surface area (Å²) in [6.45, 7) is 6.43. The Labute approximate surface area is 160 Å². The van der Waals surface area contributed by atoms with Crippen LogP contribution in [0.15, 0.2) is 50.2 Å². The van der Waals surface area contributed by atoms with E-state index in [1.165, 1.54) is 12.1 Å². The second-order valence-electron chi connectivity index (χ2n) is 6.23. The highest BCUT2D eigenvalue weighted by Gasteiger charge is 2.23. The van der Waals surface area contributed by atoms with Gasteiger partial charge in [-0.25, -0.2) is 8.42 Å². The largest absolute Gasteiger partial charge is 0.399 e. The number of sulfonamides is 1. The van der Waals surface area contributed by atoms with E-state index in [9.17, 15) is 8.42 Å². The minimum Gasteiger partial charge on any atom is -0.399 e. The maximum atomic E-state index is 12.6. The lowest BCUT2D eigenvalue weighted by Crippen LogP contribution is -2.17. The maximum Gasteiger partial charge on any atom is 0.261 e. The van der Waals surface area contributed by atoms with Crippen molar-refractivity contribution < 1.29 is 8.42 Å². The van der Waals surface area contributed by atoms with Gasteiger partial charge in [-0.2, -0.15) is 0 Å². The van der Waals surface area contributed by atoms with Crippen LogP contribution in [-0.4, -0.2) is 8.42 Å². The standard InChI is InChI=1S/C17H20Br2N2O2S/c1-4-17(2,3)11-9-14(18)16(15(19)10-11)21-24(22,23)13-7-5-12(20)6-8-13/h5-10,21H,4,20H2,1-3H3. The lowest BCUT2D eigenvalue weighted by molar-refractivity contribution is 0.506. The van der Waals surface area contributed by atoms with Gasteiger partial charge in [-0.3, -0.25) is 4.72 Å². The van der Waals surface area contributed by atoms with Gasteiger partial charge in [0.25, 0.3) is 10.0 Å². The third-order valence-corrected chi connectivity index (χ3v) is 6.75. The van der Waals surface area contributed by atoms with E-state index in [-0.39, 0.29) is 10.3 Å². The van der Waals surface area contributed by atoms with E-state index in [1.54, 1.807) is 12.1 Å². The molecule has 4 nitrogen and oxygen atoms in total. The first kappa shape index (κ1) is 19.3. The Kier molecular flexibility index (Phi) is 5.67. The number of rotatable bonds is 5. The number of halogens is 2. The molecule has 0 saturated carbocycles. The molecule has 3 N–H and O–H groups in total. The van der Waals surface area contributed by atoms with Crippen LogP contribution in [0.1, 0.15) is 32.8 Å². The van der Waals surface area contributed by atoms with Crippen molar-refractivity contribution in [2.45, 2.75) is 37.5 Å². The predicted octanol–water partition coefficient (Wildman–Crippen LogP) is 5.28. The van der Waals surface area contributed by atoms with E-state index in [1.807, 2.05) is 12.1 Å². The smallest absolute Gasteiger partial charge is 0.261 e. The Morgan fingerprint density at radius 2 is 1.58 bits per heavy atom.